The molecule has 23 heavy (non-hydrogen) atoms. The average molecular weight is 333 g/mol. The van der Waals surface area contributed by atoms with Gasteiger partial charge in [0.25, 0.3) is 5.91 Å². The fourth-order valence-corrected chi connectivity index (χ4v) is 1.93. The largest absolute Gasteiger partial charge is 0.452 e. The molecular weight excluding hydrogens is 320 g/mol. The van der Waals surface area contributed by atoms with E-state index >= 15 is 0 Å². The average Bonchev–Trinajstić information content (AvgIpc) is 2.53. The number of nitrogens with zero attached hydrogens (tertiary/aromatic N) is 1. The van der Waals surface area contributed by atoms with E-state index in [4.69, 9.17) is 16.3 Å². The van der Waals surface area contributed by atoms with Crippen LogP contribution in [0.5, 0.6) is 0 Å². The van der Waals surface area contributed by atoms with Crippen LogP contribution < -0.4 is 5.32 Å². The summed E-state index contributed by atoms with van der Waals surface area (Å²) < 4.78 is 4.88. The van der Waals surface area contributed by atoms with Crippen LogP contribution >= 0.6 is 11.6 Å². The molecule has 0 spiro atoms. The van der Waals surface area contributed by atoms with E-state index in [2.05, 4.69) is 10.3 Å². The van der Waals surface area contributed by atoms with Gasteiger partial charge in [0.15, 0.2) is 12.4 Å². The van der Waals surface area contributed by atoms with Crippen LogP contribution in [0, 0.1) is 0 Å². The molecule has 0 saturated carbocycles. The topological polar surface area (TPSA) is 85.4 Å². The summed E-state index contributed by atoms with van der Waals surface area (Å²) in [4.78, 5) is 38.4. The van der Waals surface area contributed by atoms with Gasteiger partial charge in [-0.15, -0.1) is 0 Å². The number of rotatable bonds is 5. The van der Waals surface area contributed by atoms with Crippen molar-refractivity contribution in [2.45, 2.75) is 6.92 Å². The summed E-state index contributed by atoms with van der Waals surface area (Å²) in [5, 5.41) is 2.57. The van der Waals surface area contributed by atoms with Gasteiger partial charge in [0.2, 0.25) is 0 Å². The Morgan fingerprint density at radius 2 is 1.87 bits per heavy atom. The maximum absolute atomic E-state index is 11.8. The van der Waals surface area contributed by atoms with Crippen LogP contribution in [0.25, 0.3) is 0 Å². The molecule has 1 N–H and O–H groups in total. The van der Waals surface area contributed by atoms with Gasteiger partial charge in [-0.3, -0.25) is 9.59 Å². The van der Waals surface area contributed by atoms with E-state index < -0.39 is 18.5 Å². The number of Topliss-reactive ketones (excluding diaryl/α,β-unsaturated/α-hetero) is 1. The van der Waals surface area contributed by atoms with Gasteiger partial charge in [0.1, 0.15) is 5.15 Å². The number of ether oxygens (including phenoxy) is 1. The van der Waals surface area contributed by atoms with E-state index in [0.717, 1.165) is 0 Å². The third kappa shape index (κ3) is 4.62. The van der Waals surface area contributed by atoms with E-state index in [1.807, 2.05) is 0 Å². The van der Waals surface area contributed by atoms with Crippen molar-refractivity contribution in [1.29, 1.82) is 0 Å². The van der Waals surface area contributed by atoms with Crippen molar-refractivity contribution >= 4 is 34.9 Å². The number of hydrogen-bond donors (Lipinski definition) is 1. The summed E-state index contributed by atoms with van der Waals surface area (Å²) in [6.07, 6.45) is 1.44. The zero-order chi connectivity index (χ0) is 16.8. The van der Waals surface area contributed by atoms with Crippen molar-refractivity contribution in [3.8, 4) is 0 Å². The number of nitrogens with one attached hydrogen (secondary N) is 1. The first kappa shape index (κ1) is 16.6. The number of halogens is 1. The van der Waals surface area contributed by atoms with Crippen molar-refractivity contribution in [2.24, 2.45) is 0 Å². The quantitative estimate of drug-likeness (QED) is 0.517. The summed E-state index contributed by atoms with van der Waals surface area (Å²) >= 11 is 5.76. The van der Waals surface area contributed by atoms with E-state index in [1.165, 1.54) is 19.2 Å². The van der Waals surface area contributed by atoms with Crippen LogP contribution in [0.4, 0.5) is 5.69 Å². The van der Waals surface area contributed by atoms with Crippen molar-refractivity contribution < 1.29 is 19.1 Å². The Morgan fingerprint density at radius 1 is 1.17 bits per heavy atom. The van der Waals surface area contributed by atoms with Crippen LogP contribution in [-0.4, -0.2) is 29.3 Å². The van der Waals surface area contributed by atoms with Gasteiger partial charge in [0, 0.05) is 17.4 Å². The summed E-state index contributed by atoms with van der Waals surface area (Å²) in [5.74, 6) is -1.30. The number of pyridine rings is 1. The highest BCUT2D eigenvalue weighted by molar-refractivity contribution is 6.32. The molecule has 0 aliphatic heterocycles. The lowest BCUT2D eigenvalue weighted by atomic mass is 10.1. The minimum Gasteiger partial charge on any atom is -0.452 e. The number of carbonyl (C=O) groups is 3. The van der Waals surface area contributed by atoms with E-state index in [0.29, 0.717) is 11.3 Å². The number of esters is 1. The molecule has 0 fully saturated rings. The molecule has 1 aromatic carbocycles. The number of hydrogen-bond acceptors (Lipinski definition) is 5. The van der Waals surface area contributed by atoms with Gasteiger partial charge in [0.05, 0.1) is 5.56 Å². The number of aromatic nitrogens is 1. The molecule has 0 bridgehead atoms. The molecule has 0 radical (unpaired) electrons. The standard InChI is InChI=1S/C16H13ClN2O4/c1-10(20)11-4-6-12(7-5-11)19-14(21)9-23-16(22)13-3-2-8-18-15(13)17/h2-8H,9H2,1H3,(H,19,21). The second-order valence-corrected chi connectivity index (χ2v) is 4.96. The molecule has 1 heterocycles. The van der Waals surface area contributed by atoms with Gasteiger partial charge in [-0.05, 0) is 43.3 Å². The highest BCUT2D eigenvalue weighted by atomic mass is 35.5. The van der Waals surface area contributed by atoms with Crippen molar-refractivity contribution in [3.63, 3.8) is 0 Å². The van der Waals surface area contributed by atoms with Gasteiger partial charge in [-0.2, -0.15) is 0 Å². The first-order valence-corrected chi connectivity index (χ1v) is 7.03. The zero-order valence-electron chi connectivity index (χ0n) is 12.2. The van der Waals surface area contributed by atoms with E-state index in [1.54, 1.807) is 30.3 Å². The Balaban J connectivity index is 1.89. The Kier molecular flexibility index (Phi) is 5.43. The molecule has 0 atom stereocenters. The predicted octanol–water partition coefficient (Wildman–Crippen LogP) is 2.73. The van der Waals surface area contributed by atoms with Gasteiger partial charge in [-0.25, -0.2) is 9.78 Å². The fourth-order valence-electron chi connectivity index (χ4n) is 1.73. The molecule has 1 amide bonds. The molecule has 6 nitrogen and oxygen atoms in total. The van der Waals surface area contributed by atoms with Crippen LogP contribution in [0.2, 0.25) is 5.15 Å². The third-order valence-electron chi connectivity index (χ3n) is 2.89. The highest BCUT2D eigenvalue weighted by Crippen LogP contribution is 2.13. The molecule has 0 aliphatic carbocycles. The second-order valence-electron chi connectivity index (χ2n) is 4.60. The Morgan fingerprint density at radius 3 is 2.48 bits per heavy atom. The van der Waals surface area contributed by atoms with Crippen molar-refractivity contribution in [3.05, 3.63) is 58.9 Å². The monoisotopic (exact) mass is 332 g/mol. The lowest BCUT2D eigenvalue weighted by molar-refractivity contribution is -0.119. The Hall–Kier alpha value is -2.73. The summed E-state index contributed by atoms with van der Waals surface area (Å²) in [5.41, 5.74) is 1.13. The van der Waals surface area contributed by atoms with Crippen LogP contribution in [0.1, 0.15) is 27.6 Å². The molecule has 118 valence electrons. The van der Waals surface area contributed by atoms with Crippen molar-refractivity contribution in [2.75, 3.05) is 11.9 Å². The number of carbonyl (C=O) groups excluding carboxylic acids is 3. The minimum atomic E-state index is -0.731. The lowest BCUT2D eigenvalue weighted by Crippen LogP contribution is -2.21. The lowest BCUT2D eigenvalue weighted by Gasteiger charge is -2.07. The van der Waals surface area contributed by atoms with Crippen LogP contribution in [0.15, 0.2) is 42.6 Å². The smallest absolute Gasteiger partial charge is 0.341 e. The number of anilines is 1. The van der Waals surface area contributed by atoms with E-state index in [9.17, 15) is 14.4 Å². The number of ketones is 1. The van der Waals surface area contributed by atoms with E-state index in [-0.39, 0.29) is 16.5 Å². The van der Waals surface area contributed by atoms with Gasteiger partial charge in [-0.1, -0.05) is 11.6 Å². The molecule has 0 saturated heterocycles. The summed E-state index contributed by atoms with van der Waals surface area (Å²) in [7, 11) is 0. The molecule has 1 aromatic heterocycles. The fraction of sp³-hybridized carbons (Fsp3) is 0.125. The maximum atomic E-state index is 11.8. The first-order chi connectivity index (χ1) is 11.0. The molecular formula is C16H13ClN2O4. The molecule has 2 aromatic rings. The molecule has 7 heteroatoms. The Labute approximate surface area is 137 Å². The minimum absolute atomic E-state index is 0.0118. The number of amides is 1. The second kappa shape index (κ2) is 7.51. The van der Waals surface area contributed by atoms with Gasteiger partial charge < -0.3 is 10.1 Å². The van der Waals surface area contributed by atoms with Crippen molar-refractivity contribution in [1.82, 2.24) is 4.98 Å². The maximum Gasteiger partial charge on any atom is 0.341 e. The summed E-state index contributed by atoms with van der Waals surface area (Å²) in [6, 6.07) is 9.37. The zero-order valence-corrected chi connectivity index (χ0v) is 13.0. The SMILES string of the molecule is CC(=O)c1ccc(NC(=O)COC(=O)c2cccnc2Cl)cc1. The van der Waals surface area contributed by atoms with Gasteiger partial charge >= 0.3 is 5.97 Å². The Bertz CT molecular complexity index is 744. The number of benzene rings is 1. The van der Waals surface area contributed by atoms with Crippen LogP contribution in [-0.2, 0) is 9.53 Å². The van der Waals surface area contributed by atoms with Crippen LogP contribution in [0.3, 0.4) is 0 Å². The molecule has 0 unspecified atom stereocenters. The highest BCUT2D eigenvalue weighted by Gasteiger charge is 2.14. The normalized spacial score (nSPS) is 10.0. The third-order valence-corrected chi connectivity index (χ3v) is 3.19. The molecule has 0 aliphatic rings. The predicted molar refractivity (Wildman–Crippen MR) is 84.6 cm³/mol. The first-order valence-electron chi connectivity index (χ1n) is 6.66. The molecule has 2 rings (SSSR count). The summed E-state index contributed by atoms with van der Waals surface area (Å²) in [6.45, 7) is 0.995.